The maximum absolute atomic E-state index is 4.14. The Morgan fingerprint density at radius 1 is 1.14 bits per heavy atom. The van der Waals surface area contributed by atoms with Gasteiger partial charge in [-0.25, -0.2) is 0 Å². The van der Waals surface area contributed by atoms with Crippen LogP contribution in [0.3, 0.4) is 0 Å². The Labute approximate surface area is 127 Å². The summed E-state index contributed by atoms with van der Waals surface area (Å²) in [7, 11) is 0. The van der Waals surface area contributed by atoms with E-state index in [1.54, 1.807) is 0 Å². The predicted octanol–water partition coefficient (Wildman–Crippen LogP) is 5.07. The van der Waals surface area contributed by atoms with E-state index in [0.29, 0.717) is 6.04 Å². The molecule has 1 aliphatic rings. The van der Waals surface area contributed by atoms with Crippen molar-refractivity contribution in [2.45, 2.75) is 32.7 Å². The minimum absolute atomic E-state index is 0.412. The fourth-order valence-corrected chi connectivity index (χ4v) is 3.25. The zero-order chi connectivity index (χ0) is 14.8. The van der Waals surface area contributed by atoms with E-state index in [0.717, 1.165) is 19.4 Å². The zero-order valence-corrected chi connectivity index (χ0v) is 13.0. The number of benzene rings is 2. The molecule has 0 saturated heterocycles. The molecule has 1 atom stereocenters. The van der Waals surface area contributed by atoms with E-state index in [4.69, 9.17) is 0 Å². The Hall–Kier alpha value is -2.02. The van der Waals surface area contributed by atoms with Gasteiger partial charge in [-0.2, -0.15) is 0 Å². The van der Waals surface area contributed by atoms with Gasteiger partial charge in [0.1, 0.15) is 0 Å². The molecule has 1 nitrogen and oxygen atoms in total. The highest BCUT2D eigenvalue weighted by Gasteiger charge is 2.27. The summed E-state index contributed by atoms with van der Waals surface area (Å²) < 4.78 is 0. The van der Waals surface area contributed by atoms with Crippen molar-refractivity contribution in [3.05, 3.63) is 77.4 Å². The maximum Gasteiger partial charge on any atom is 0.0582 e. The third-order valence-corrected chi connectivity index (χ3v) is 4.32. The lowest BCUT2D eigenvalue weighted by molar-refractivity contribution is 0.578. The fourth-order valence-electron chi connectivity index (χ4n) is 3.25. The average Bonchev–Trinajstić information content (AvgIpc) is 2.48. The minimum atomic E-state index is 0.412. The first-order chi connectivity index (χ1) is 10.1. The number of hydrogen-bond acceptors (Lipinski definition) is 1. The molecule has 0 spiro atoms. The van der Waals surface area contributed by atoms with Gasteiger partial charge < -0.3 is 4.90 Å². The summed E-state index contributed by atoms with van der Waals surface area (Å²) in [5.41, 5.74) is 6.84. The molecule has 0 bridgehead atoms. The van der Waals surface area contributed by atoms with Gasteiger partial charge in [0.15, 0.2) is 0 Å². The van der Waals surface area contributed by atoms with Crippen molar-refractivity contribution in [2.75, 3.05) is 11.4 Å². The molecule has 1 unspecified atom stereocenters. The highest BCUT2D eigenvalue weighted by Crippen LogP contribution is 2.37. The Morgan fingerprint density at radius 2 is 1.86 bits per heavy atom. The number of anilines is 1. The molecular weight excluding hydrogens is 254 g/mol. The van der Waals surface area contributed by atoms with Gasteiger partial charge >= 0.3 is 0 Å². The molecule has 1 heterocycles. The lowest BCUT2D eigenvalue weighted by atomic mass is 9.88. The van der Waals surface area contributed by atoms with Gasteiger partial charge in [-0.15, -0.1) is 6.58 Å². The van der Waals surface area contributed by atoms with Gasteiger partial charge in [0, 0.05) is 12.2 Å². The van der Waals surface area contributed by atoms with Gasteiger partial charge in [-0.05, 0) is 49.9 Å². The molecule has 108 valence electrons. The summed E-state index contributed by atoms with van der Waals surface area (Å²) in [6.07, 6.45) is 2.14. The Kier molecular flexibility index (Phi) is 3.83. The summed E-state index contributed by atoms with van der Waals surface area (Å²) in [6.45, 7) is 9.49. The molecule has 0 radical (unpaired) electrons. The molecule has 1 aliphatic heterocycles. The van der Waals surface area contributed by atoms with Crippen LogP contribution in [0.5, 0.6) is 0 Å². The van der Waals surface area contributed by atoms with Crippen LogP contribution in [0.2, 0.25) is 0 Å². The molecule has 1 heteroatoms. The second-order valence-corrected chi connectivity index (χ2v) is 6.15. The monoisotopic (exact) mass is 277 g/mol. The van der Waals surface area contributed by atoms with Crippen molar-refractivity contribution in [3.63, 3.8) is 0 Å². The quantitative estimate of drug-likeness (QED) is 0.708. The Bertz CT molecular complexity index is 639. The summed E-state index contributed by atoms with van der Waals surface area (Å²) >= 11 is 0. The summed E-state index contributed by atoms with van der Waals surface area (Å²) in [5, 5.41) is 0. The molecule has 21 heavy (non-hydrogen) atoms. The highest BCUT2D eigenvalue weighted by molar-refractivity contribution is 5.53. The largest absolute Gasteiger partial charge is 0.364 e. The lowest BCUT2D eigenvalue weighted by Gasteiger charge is -2.39. The normalized spacial score (nSPS) is 17.4. The van der Waals surface area contributed by atoms with Crippen LogP contribution in [-0.2, 0) is 6.42 Å². The number of nitrogens with zero attached hydrogens (tertiary/aromatic N) is 1. The molecule has 0 aromatic heterocycles. The molecule has 0 amide bonds. The molecule has 0 aliphatic carbocycles. The van der Waals surface area contributed by atoms with Crippen molar-refractivity contribution in [1.82, 2.24) is 0 Å². The molecular formula is C20H23N. The third-order valence-electron chi connectivity index (χ3n) is 4.32. The first-order valence-electron chi connectivity index (χ1n) is 7.70. The van der Waals surface area contributed by atoms with E-state index >= 15 is 0 Å². The van der Waals surface area contributed by atoms with Gasteiger partial charge in [-0.3, -0.25) is 0 Å². The first-order valence-corrected chi connectivity index (χ1v) is 7.70. The topological polar surface area (TPSA) is 3.24 Å². The van der Waals surface area contributed by atoms with Crippen molar-refractivity contribution in [1.29, 1.82) is 0 Å². The van der Waals surface area contributed by atoms with Crippen LogP contribution in [0.25, 0.3) is 0 Å². The van der Waals surface area contributed by atoms with E-state index in [2.05, 4.69) is 73.9 Å². The van der Waals surface area contributed by atoms with Crippen LogP contribution in [0.15, 0.2) is 60.7 Å². The SMILES string of the molecule is C=C(C)CC1c2ccccc2CCN1c1ccc(C)cc1. The van der Waals surface area contributed by atoms with Crippen LogP contribution in [0.4, 0.5) is 5.69 Å². The van der Waals surface area contributed by atoms with Crippen LogP contribution < -0.4 is 4.90 Å². The predicted molar refractivity (Wildman–Crippen MR) is 90.8 cm³/mol. The van der Waals surface area contributed by atoms with Crippen molar-refractivity contribution in [2.24, 2.45) is 0 Å². The van der Waals surface area contributed by atoms with Crippen molar-refractivity contribution < 1.29 is 0 Å². The van der Waals surface area contributed by atoms with E-state index in [9.17, 15) is 0 Å². The van der Waals surface area contributed by atoms with Crippen molar-refractivity contribution in [3.8, 4) is 0 Å². The summed E-state index contributed by atoms with van der Waals surface area (Å²) in [6, 6.07) is 18.2. The molecule has 0 fully saturated rings. The maximum atomic E-state index is 4.14. The van der Waals surface area contributed by atoms with Crippen LogP contribution >= 0.6 is 0 Å². The van der Waals surface area contributed by atoms with Gasteiger partial charge in [-0.1, -0.05) is 47.5 Å². The summed E-state index contributed by atoms with van der Waals surface area (Å²) in [4.78, 5) is 2.54. The second-order valence-electron chi connectivity index (χ2n) is 6.15. The lowest BCUT2D eigenvalue weighted by Crippen LogP contribution is -2.35. The van der Waals surface area contributed by atoms with Crippen LogP contribution in [0.1, 0.15) is 36.1 Å². The Morgan fingerprint density at radius 3 is 2.57 bits per heavy atom. The zero-order valence-electron chi connectivity index (χ0n) is 13.0. The minimum Gasteiger partial charge on any atom is -0.364 e. The number of fused-ring (bicyclic) bond motifs is 1. The van der Waals surface area contributed by atoms with E-state index in [1.807, 2.05) is 0 Å². The van der Waals surface area contributed by atoms with E-state index in [-0.39, 0.29) is 0 Å². The molecule has 3 rings (SSSR count). The smallest absolute Gasteiger partial charge is 0.0582 e. The van der Waals surface area contributed by atoms with E-state index < -0.39 is 0 Å². The van der Waals surface area contributed by atoms with Crippen molar-refractivity contribution >= 4 is 5.69 Å². The van der Waals surface area contributed by atoms with Crippen LogP contribution in [0, 0.1) is 6.92 Å². The molecule has 2 aromatic carbocycles. The number of rotatable bonds is 3. The standard InChI is InChI=1S/C20H23N/c1-15(2)14-20-19-7-5-4-6-17(19)12-13-21(20)18-10-8-16(3)9-11-18/h4-11,20H,1,12-14H2,2-3H3. The second kappa shape index (κ2) is 5.77. The van der Waals surface area contributed by atoms with Gasteiger partial charge in [0.2, 0.25) is 0 Å². The van der Waals surface area contributed by atoms with Gasteiger partial charge in [0.05, 0.1) is 6.04 Å². The average molecular weight is 277 g/mol. The fraction of sp³-hybridized carbons (Fsp3) is 0.300. The molecule has 2 aromatic rings. The molecule has 0 saturated carbocycles. The highest BCUT2D eigenvalue weighted by atomic mass is 15.2. The summed E-state index contributed by atoms with van der Waals surface area (Å²) in [5.74, 6) is 0. The van der Waals surface area contributed by atoms with Gasteiger partial charge in [0.25, 0.3) is 0 Å². The Balaban J connectivity index is 2.00. The van der Waals surface area contributed by atoms with Crippen LogP contribution in [-0.4, -0.2) is 6.54 Å². The number of aryl methyl sites for hydroxylation is 1. The first kappa shape index (κ1) is 13.9. The number of hydrogen-bond donors (Lipinski definition) is 0. The van der Waals surface area contributed by atoms with E-state index in [1.165, 1.54) is 28.0 Å². The molecule has 0 N–H and O–H groups in total. The third kappa shape index (κ3) is 2.87.